The number of aromatic nitrogens is 4. The van der Waals surface area contributed by atoms with Gasteiger partial charge in [-0.3, -0.25) is 23.5 Å². The summed E-state index contributed by atoms with van der Waals surface area (Å²) in [5, 5.41) is 59.7. The SMILES string of the molecule is Cc1c(C=CC=c2c(C)c3c(n(-c4ccc(C(=O)O)cc4)c2=O)=NN(c2ccc(C(=O)O)cc2)C3=O)c(O)n(-c2ccc(C(=O)O)cc2)c2nn(-c3ccc(C(=O)O)cc3)c(=O)c1-2. The molecule has 0 aliphatic carbocycles. The minimum absolute atomic E-state index is 0.00330. The molecular weight excluding hydrogens is 817 g/mol. The van der Waals surface area contributed by atoms with Crippen molar-refractivity contribution in [3.63, 3.8) is 0 Å². The van der Waals surface area contributed by atoms with Gasteiger partial charge in [-0.05, 0) is 134 Å². The van der Waals surface area contributed by atoms with E-state index in [1.54, 1.807) is 6.92 Å². The number of allylic oxidation sites excluding steroid dienone is 1. The Hall–Kier alpha value is -9.19. The molecule has 5 N–H and O–H groups in total. The number of carboxylic acids is 4. The highest BCUT2D eigenvalue weighted by atomic mass is 16.4. The molecule has 0 bridgehead atoms. The van der Waals surface area contributed by atoms with Crippen LogP contribution < -0.4 is 26.8 Å². The van der Waals surface area contributed by atoms with E-state index < -0.39 is 46.8 Å². The zero-order valence-corrected chi connectivity index (χ0v) is 32.7. The van der Waals surface area contributed by atoms with Crippen LogP contribution in [0.1, 0.15) is 68.5 Å². The molecule has 4 heterocycles. The van der Waals surface area contributed by atoms with Gasteiger partial charge in [-0.25, -0.2) is 19.2 Å². The van der Waals surface area contributed by atoms with Gasteiger partial charge in [0.05, 0.1) is 56.1 Å². The Balaban J connectivity index is 1.32. The van der Waals surface area contributed by atoms with Gasteiger partial charge in [0, 0.05) is 10.8 Å². The van der Waals surface area contributed by atoms with Crippen molar-refractivity contribution >= 4 is 47.6 Å². The molecule has 0 fully saturated rings. The van der Waals surface area contributed by atoms with Crippen molar-refractivity contribution < 1.29 is 49.5 Å². The summed E-state index contributed by atoms with van der Waals surface area (Å²) in [6.07, 6.45) is 4.22. The van der Waals surface area contributed by atoms with Gasteiger partial charge in [-0.2, -0.15) is 9.69 Å². The molecular formula is C45H30N6O12. The fourth-order valence-electron chi connectivity index (χ4n) is 7.25. The van der Waals surface area contributed by atoms with Crippen molar-refractivity contribution in [2.24, 2.45) is 5.10 Å². The van der Waals surface area contributed by atoms with Gasteiger partial charge in [0.15, 0.2) is 11.3 Å². The normalized spacial score (nSPS) is 12.5. The maximum absolute atomic E-state index is 14.5. The predicted molar refractivity (Wildman–Crippen MR) is 224 cm³/mol. The van der Waals surface area contributed by atoms with Gasteiger partial charge in [0.1, 0.15) is 0 Å². The standard InChI is InChI=1S/C45H30N6O12/c1-22-32(38(52)48(28-14-6-24(7-15-28)42(56)57)36-34(22)40(54)50(46-36)30-18-10-26(11-19-30)44(60)61)4-3-5-33-23(2)35-37(49(39(33)53)29-16-8-25(9-17-29)43(58)59)47-51(41(35)55)31-20-12-27(13-21-31)45(62)63/h3-21,52H,1-2H3,(H,56,57)(H,58,59)(H,60,61)(H,62,63). The highest BCUT2D eigenvalue weighted by molar-refractivity contribution is 6.08. The molecule has 1 amide bonds. The molecule has 0 spiro atoms. The van der Waals surface area contributed by atoms with Crippen molar-refractivity contribution in [3.8, 4) is 34.3 Å². The third-order valence-electron chi connectivity index (χ3n) is 10.5. The Labute approximate surface area is 352 Å². The highest BCUT2D eigenvalue weighted by Gasteiger charge is 2.32. The molecule has 8 rings (SSSR count). The lowest BCUT2D eigenvalue weighted by atomic mass is 10.0. The summed E-state index contributed by atoms with van der Waals surface area (Å²) in [4.78, 5) is 89.0. The Morgan fingerprint density at radius 2 is 1.00 bits per heavy atom. The van der Waals surface area contributed by atoms with E-state index in [4.69, 9.17) is 0 Å². The average molecular weight is 847 g/mol. The first-order valence-corrected chi connectivity index (χ1v) is 18.7. The van der Waals surface area contributed by atoms with Crippen LogP contribution >= 0.6 is 0 Å². The van der Waals surface area contributed by atoms with Crippen molar-refractivity contribution in [1.82, 2.24) is 18.9 Å². The first kappa shape index (κ1) is 40.6. The van der Waals surface area contributed by atoms with Gasteiger partial charge in [-0.15, -0.1) is 10.2 Å². The zero-order valence-electron chi connectivity index (χ0n) is 32.7. The summed E-state index contributed by atoms with van der Waals surface area (Å²) >= 11 is 0. The number of aromatic carboxylic acids is 4. The lowest BCUT2D eigenvalue weighted by molar-refractivity contribution is 0.0686. The van der Waals surface area contributed by atoms with Crippen LogP contribution in [0.2, 0.25) is 0 Å². The number of carbonyl (C=O) groups excluding carboxylic acids is 1. The number of pyridine rings is 2. The first-order chi connectivity index (χ1) is 30.1. The monoisotopic (exact) mass is 846 g/mol. The van der Waals surface area contributed by atoms with E-state index in [0.717, 1.165) is 14.3 Å². The number of anilines is 1. The first-order valence-electron chi connectivity index (χ1n) is 18.7. The third-order valence-corrected chi connectivity index (χ3v) is 10.5. The Bertz CT molecular complexity index is 3360. The molecule has 18 nitrogen and oxygen atoms in total. The molecule has 3 aliphatic rings. The third kappa shape index (κ3) is 6.88. The number of carboxylic acid groups (broad SMARTS) is 4. The molecule has 63 heavy (non-hydrogen) atoms. The summed E-state index contributed by atoms with van der Waals surface area (Å²) in [5.74, 6) is -5.86. The maximum Gasteiger partial charge on any atom is 0.335 e. The molecule has 0 atom stereocenters. The number of carbonyl (C=O) groups is 5. The Kier molecular flexibility index (Phi) is 9.95. The number of aromatic hydroxyl groups is 1. The number of rotatable bonds is 10. The fraction of sp³-hybridized carbons (Fsp3) is 0.0444. The number of nitrogens with zero attached hydrogens (tertiary/aromatic N) is 6. The van der Waals surface area contributed by atoms with Gasteiger partial charge in [-0.1, -0.05) is 6.08 Å². The minimum atomic E-state index is -1.21. The minimum Gasteiger partial charge on any atom is -0.494 e. The van der Waals surface area contributed by atoms with E-state index in [1.807, 2.05) is 0 Å². The predicted octanol–water partition coefficient (Wildman–Crippen LogP) is 4.08. The van der Waals surface area contributed by atoms with Crippen LogP contribution in [-0.2, 0) is 0 Å². The molecule has 0 radical (unpaired) electrons. The molecule has 0 saturated carbocycles. The number of hydrogen-bond acceptors (Lipinski definition) is 10. The molecule has 3 aliphatic heterocycles. The van der Waals surface area contributed by atoms with Crippen molar-refractivity contribution in [2.45, 2.75) is 13.8 Å². The van der Waals surface area contributed by atoms with E-state index in [-0.39, 0.29) is 89.4 Å². The van der Waals surface area contributed by atoms with E-state index >= 15 is 0 Å². The topological polar surface area (TPSA) is 264 Å². The van der Waals surface area contributed by atoms with Gasteiger partial charge < -0.3 is 25.5 Å². The Morgan fingerprint density at radius 3 is 1.48 bits per heavy atom. The number of benzene rings is 4. The second kappa shape index (κ2) is 15.4. The van der Waals surface area contributed by atoms with Crippen LogP contribution in [0.5, 0.6) is 5.88 Å². The molecule has 5 aromatic rings. The second-order valence-electron chi connectivity index (χ2n) is 14.1. The Morgan fingerprint density at radius 1 is 0.556 bits per heavy atom. The van der Waals surface area contributed by atoms with E-state index in [9.17, 15) is 59.1 Å². The molecule has 0 saturated heterocycles. The average Bonchev–Trinajstić information content (AvgIpc) is 3.79. The van der Waals surface area contributed by atoms with Gasteiger partial charge >= 0.3 is 23.9 Å². The van der Waals surface area contributed by atoms with Crippen LogP contribution in [-0.4, -0.2) is 74.2 Å². The molecule has 4 aromatic carbocycles. The fourth-order valence-corrected chi connectivity index (χ4v) is 7.25. The van der Waals surface area contributed by atoms with Crippen molar-refractivity contribution in [1.29, 1.82) is 0 Å². The van der Waals surface area contributed by atoms with Crippen LogP contribution in [0.4, 0.5) is 5.69 Å². The molecule has 0 unspecified atom stereocenters. The summed E-state index contributed by atoms with van der Waals surface area (Å²) in [7, 11) is 0. The van der Waals surface area contributed by atoms with Crippen LogP contribution in [0.3, 0.4) is 0 Å². The van der Waals surface area contributed by atoms with Crippen LogP contribution in [0.15, 0.2) is 118 Å². The summed E-state index contributed by atoms with van der Waals surface area (Å²) in [5.41, 5.74) is -0.117. The van der Waals surface area contributed by atoms with E-state index in [2.05, 4.69) is 10.2 Å². The lowest BCUT2D eigenvalue weighted by Crippen LogP contribution is -2.45. The maximum atomic E-state index is 14.5. The smallest absolute Gasteiger partial charge is 0.335 e. The van der Waals surface area contributed by atoms with Gasteiger partial charge in [0.25, 0.3) is 17.0 Å². The summed E-state index contributed by atoms with van der Waals surface area (Å²) < 4.78 is 3.42. The second-order valence-corrected chi connectivity index (χ2v) is 14.1. The quantitative estimate of drug-likeness (QED) is 0.130. The highest BCUT2D eigenvalue weighted by Crippen LogP contribution is 2.36. The summed E-state index contributed by atoms with van der Waals surface area (Å²) in [6, 6.07) is 21.5. The molecule has 1 aromatic heterocycles. The number of hydrogen-bond donors (Lipinski definition) is 5. The summed E-state index contributed by atoms with van der Waals surface area (Å²) in [6.45, 7) is 3.10. The van der Waals surface area contributed by atoms with Crippen LogP contribution in [0, 0.1) is 13.8 Å². The number of amides is 1. The molecule has 312 valence electrons. The zero-order chi connectivity index (χ0) is 45.0. The largest absolute Gasteiger partial charge is 0.494 e. The van der Waals surface area contributed by atoms with Crippen molar-refractivity contribution in [2.75, 3.05) is 5.01 Å². The van der Waals surface area contributed by atoms with E-state index in [1.165, 1.54) is 127 Å². The number of fused-ring (bicyclic) bond motifs is 2. The molecule has 18 heteroatoms. The van der Waals surface area contributed by atoms with Gasteiger partial charge in [0.2, 0.25) is 5.88 Å². The van der Waals surface area contributed by atoms with Crippen molar-refractivity contribution in [3.05, 3.63) is 179 Å². The van der Waals surface area contributed by atoms with E-state index in [0.29, 0.717) is 0 Å². The van der Waals surface area contributed by atoms with Crippen LogP contribution in [0.25, 0.3) is 40.6 Å². The lowest BCUT2D eigenvalue weighted by Gasteiger charge is -2.18.